The second kappa shape index (κ2) is 13.8. The minimum atomic E-state index is -0.0429. The molecule has 0 aliphatic carbocycles. The van der Waals surface area contributed by atoms with Crippen LogP contribution < -0.4 is 9.80 Å². The van der Waals surface area contributed by atoms with Crippen LogP contribution in [0.25, 0.3) is 39.0 Å². The van der Waals surface area contributed by atoms with Crippen molar-refractivity contribution in [2.45, 2.75) is 26.2 Å². The molecule has 0 bridgehead atoms. The van der Waals surface area contributed by atoms with Gasteiger partial charge in [-0.3, -0.25) is 4.57 Å². The summed E-state index contributed by atoms with van der Waals surface area (Å²) in [7, 11) is 0. The molecular formula is C51H41N5O. The van der Waals surface area contributed by atoms with Gasteiger partial charge in [-0.05, 0) is 105 Å². The predicted molar refractivity (Wildman–Crippen MR) is 234 cm³/mol. The molecule has 10 rings (SSSR count). The van der Waals surface area contributed by atoms with Gasteiger partial charge in [0.25, 0.3) is 0 Å². The Bertz CT molecular complexity index is 2880. The van der Waals surface area contributed by atoms with E-state index in [1.165, 1.54) is 5.56 Å². The molecule has 0 saturated carbocycles. The Morgan fingerprint density at radius 2 is 1.21 bits per heavy atom. The number of hydrogen-bond donors (Lipinski definition) is 0. The van der Waals surface area contributed by atoms with Gasteiger partial charge in [0.1, 0.15) is 12.5 Å². The Balaban J connectivity index is 1.21. The standard InChI is InChI=1S/C51H41N5O/c1-51(2,3)39-26-29-52-46(33-39)56-45-32-38(24-25-42(45)43-27-30-57-50(43)56)48(47(35-15-7-4-8-16-35)36-17-9-5-10-18-36)37-19-13-22-41(31-37)55-34-54(40-20-11-6-12-21-40)44-23-14-28-53-49(44)55/h4-33H,34H2,1-3H3. The maximum Gasteiger partial charge on any atom is 0.213 e. The molecule has 0 fully saturated rings. The Labute approximate surface area is 332 Å². The fourth-order valence-electron chi connectivity index (χ4n) is 8.20. The second-order valence-electron chi connectivity index (χ2n) is 15.6. The van der Waals surface area contributed by atoms with Crippen LogP contribution in [0, 0.1) is 0 Å². The average Bonchev–Trinajstić information content (AvgIpc) is 3.97. The number of rotatable bonds is 7. The van der Waals surface area contributed by atoms with E-state index in [4.69, 9.17) is 14.4 Å². The maximum atomic E-state index is 6.22. The third-order valence-electron chi connectivity index (χ3n) is 11.0. The Kier molecular flexibility index (Phi) is 8.33. The molecule has 1 aliphatic rings. The van der Waals surface area contributed by atoms with Crippen molar-refractivity contribution < 1.29 is 4.42 Å². The lowest BCUT2D eigenvalue weighted by Crippen LogP contribution is -2.24. The summed E-state index contributed by atoms with van der Waals surface area (Å²) in [6, 6.07) is 58.2. The molecule has 6 heteroatoms. The summed E-state index contributed by atoms with van der Waals surface area (Å²) in [6.07, 6.45) is 5.56. The first-order valence-electron chi connectivity index (χ1n) is 19.4. The largest absolute Gasteiger partial charge is 0.447 e. The van der Waals surface area contributed by atoms with Crippen molar-refractivity contribution in [2.24, 2.45) is 0 Å². The van der Waals surface area contributed by atoms with Crippen molar-refractivity contribution in [1.82, 2.24) is 14.5 Å². The quantitative estimate of drug-likeness (QED) is 0.152. The van der Waals surface area contributed by atoms with Crippen molar-refractivity contribution in [3.8, 4) is 5.82 Å². The van der Waals surface area contributed by atoms with Crippen LogP contribution in [0.2, 0.25) is 0 Å². The summed E-state index contributed by atoms with van der Waals surface area (Å²) < 4.78 is 8.40. The molecule has 6 nitrogen and oxygen atoms in total. The van der Waals surface area contributed by atoms with Crippen LogP contribution in [0.5, 0.6) is 0 Å². The van der Waals surface area contributed by atoms with Gasteiger partial charge in [-0.25, -0.2) is 9.97 Å². The minimum Gasteiger partial charge on any atom is -0.447 e. The van der Waals surface area contributed by atoms with E-state index >= 15 is 0 Å². The summed E-state index contributed by atoms with van der Waals surface area (Å²) >= 11 is 0. The minimum absolute atomic E-state index is 0.0429. The molecule has 5 heterocycles. The Morgan fingerprint density at radius 3 is 1.95 bits per heavy atom. The zero-order chi connectivity index (χ0) is 38.5. The van der Waals surface area contributed by atoms with Gasteiger partial charge in [-0.15, -0.1) is 0 Å². The van der Waals surface area contributed by atoms with E-state index in [2.05, 4.69) is 193 Å². The van der Waals surface area contributed by atoms with E-state index in [9.17, 15) is 0 Å². The molecule has 9 aromatic rings. The SMILES string of the molecule is CC(C)(C)c1ccnc(-n2c3cc(C(=C(c4ccccc4)c4ccccc4)c4cccc(N5CN(c6ccccc6)c6cccnc65)c4)ccc3c3ccoc32)c1. The highest BCUT2D eigenvalue weighted by atomic mass is 16.3. The van der Waals surface area contributed by atoms with Crippen molar-refractivity contribution >= 4 is 56.0 Å². The number of furan rings is 1. The van der Waals surface area contributed by atoms with Crippen LogP contribution in [-0.2, 0) is 5.41 Å². The number of para-hydroxylation sites is 1. The third kappa shape index (κ3) is 6.07. The van der Waals surface area contributed by atoms with Crippen LogP contribution in [0.4, 0.5) is 22.9 Å². The monoisotopic (exact) mass is 739 g/mol. The van der Waals surface area contributed by atoms with Gasteiger partial charge in [0, 0.05) is 34.5 Å². The number of aromatic nitrogens is 3. The highest BCUT2D eigenvalue weighted by molar-refractivity contribution is 6.11. The molecule has 1 aliphatic heterocycles. The molecule has 0 atom stereocenters. The first-order valence-corrected chi connectivity index (χ1v) is 19.4. The van der Waals surface area contributed by atoms with Crippen molar-refractivity contribution in [3.63, 3.8) is 0 Å². The molecule has 0 amide bonds. The summed E-state index contributed by atoms with van der Waals surface area (Å²) in [5, 5.41) is 2.17. The maximum absolute atomic E-state index is 6.22. The van der Waals surface area contributed by atoms with Gasteiger partial charge < -0.3 is 14.2 Å². The van der Waals surface area contributed by atoms with Crippen LogP contribution in [0.3, 0.4) is 0 Å². The lowest BCUT2D eigenvalue weighted by molar-refractivity contribution is 0.584. The van der Waals surface area contributed by atoms with E-state index in [1.54, 1.807) is 6.26 Å². The van der Waals surface area contributed by atoms with Crippen molar-refractivity contribution in [1.29, 1.82) is 0 Å². The number of hydrogen-bond acceptors (Lipinski definition) is 5. The lowest BCUT2D eigenvalue weighted by Gasteiger charge is -2.23. The number of pyridine rings is 2. The Morgan fingerprint density at radius 1 is 0.544 bits per heavy atom. The normalized spacial score (nSPS) is 12.7. The third-order valence-corrected chi connectivity index (χ3v) is 11.0. The second-order valence-corrected chi connectivity index (χ2v) is 15.6. The van der Waals surface area contributed by atoms with E-state index in [-0.39, 0.29) is 5.41 Å². The van der Waals surface area contributed by atoms with Gasteiger partial charge in [0.2, 0.25) is 5.71 Å². The summed E-state index contributed by atoms with van der Waals surface area (Å²) in [6.45, 7) is 7.34. The van der Waals surface area contributed by atoms with Crippen molar-refractivity contribution in [2.75, 3.05) is 16.5 Å². The van der Waals surface area contributed by atoms with Gasteiger partial charge in [-0.2, -0.15) is 0 Å². The smallest absolute Gasteiger partial charge is 0.213 e. The van der Waals surface area contributed by atoms with Crippen LogP contribution >= 0.6 is 0 Å². The van der Waals surface area contributed by atoms with Crippen LogP contribution in [0.15, 0.2) is 187 Å². The summed E-state index contributed by atoms with van der Waals surface area (Å²) in [5.74, 6) is 1.76. The van der Waals surface area contributed by atoms with Gasteiger partial charge >= 0.3 is 0 Å². The Hall–Kier alpha value is -7.18. The molecule has 0 saturated heterocycles. The molecule has 4 aromatic heterocycles. The highest BCUT2D eigenvalue weighted by Gasteiger charge is 2.30. The first kappa shape index (κ1) is 34.3. The van der Waals surface area contributed by atoms with Gasteiger partial charge in [0.05, 0.1) is 17.5 Å². The summed E-state index contributed by atoms with van der Waals surface area (Å²) in [4.78, 5) is 14.5. The molecule has 0 spiro atoms. The molecule has 0 radical (unpaired) electrons. The summed E-state index contributed by atoms with van der Waals surface area (Å²) in [5.41, 5.74) is 13.0. The van der Waals surface area contributed by atoms with E-state index in [0.29, 0.717) is 6.67 Å². The fraction of sp³-hybridized carbons (Fsp3) is 0.0980. The highest BCUT2D eigenvalue weighted by Crippen LogP contribution is 2.45. The first-order chi connectivity index (χ1) is 27.9. The van der Waals surface area contributed by atoms with Crippen molar-refractivity contribution in [3.05, 3.63) is 210 Å². The van der Waals surface area contributed by atoms with E-state index in [1.807, 2.05) is 18.5 Å². The number of fused-ring (bicyclic) bond motifs is 4. The van der Waals surface area contributed by atoms with Crippen LogP contribution in [0.1, 0.15) is 48.6 Å². The van der Waals surface area contributed by atoms with Gasteiger partial charge in [0.15, 0.2) is 5.82 Å². The number of anilines is 4. The lowest BCUT2D eigenvalue weighted by atomic mass is 9.85. The van der Waals surface area contributed by atoms with Gasteiger partial charge in [-0.1, -0.05) is 124 Å². The predicted octanol–water partition coefficient (Wildman–Crippen LogP) is 12.7. The molecule has 5 aromatic carbocycles. The average molecular weight is 740 g/mol. The number of benzene rings is 5. The fourth-order valence-corrected chi connectivity index (χ4v) is 8.20. The topological polar surface area (TPSA) is 50.3 Å². The van der Waals surface area contributed by atoms with E-state index in [0.717, 1.165) is 84.1 Å². The molecule has 57 heavy (non-hydrogen) atoms. The zero-order valence-corrected chi connectivity index (χ0v) is 32.2. The molecule has 276 valence electrons. The zero-order valence-electron chi connectivity index (χ0n) is 32.2. The molecular weight excluding hydrogens is 699 g/mol. The molecule has 0 N–H and O–H groups in total. The molecule has 0 unspecified atom stereocenters. The van der Waals surface area contributed by atoms with Crippen LogP contribution in [-0.4, -0.2) is 21.2 Å². The van der Waals surface area contributed by atoms with E-state index < -0.39 is 0 Å². The number of nitrogens with zero attached hydrogens (tertiary/aromatic N) is 5.